The average molecular weight is 397 g/mol. The minimum Gasteiger partial charge on any atom is -0.495 e. The van der Waals surface area contributed by atoms with Crippen LogP contribution < -0.4 is 20.3 Å². The van der Waals surface area contributed by atoms with Crippen LogP contribution in [0.1, 0.15) is 30.6 Å². The maximum Gasteiger partial charge on any atom is 0.279 e. The van der Waals surface area contributed by atoms with E-state index in [1.807, 2.05) is 12.1 Å². The molecule has 29 heavy (non-hydrogen) atoms. The average Bonchev–Trinajstić information content (AvgIpc) is 2.68. The number of hydrogen-bond donors (Lipinski definition) is 3. The highest BCUT2D eigenvalue weighted by Gasteiger charge is 2.26. The van der Waals surface area contributed by atoms with Gasteiger partial charge in [-0.1, -0.05) is 26.0 Å². The first-order valence-corrected chi connectivity index (χ1v) is 10.1. The molecule has 0 bridgehead atoms. The zero-order chi connectivity index (χ0) is 20.8. The zero-order valence-corrected chi connectivity index (χ0v) is 17.3. The van der Waals surface area contributed by atoms with Gasteiger partial charge in [0, 0.05) is 23.1 Å². The molecule has 0 radical (unpaired) electrons. The second-order valence-electron chi connectivity index (χ2n) is 8.06. The summed E-state index contributed by atoms with van der Waals surface area (Å²) in [5.41, 5.74) is 1.82. The van der Waals surface area contributed by atoms with Crippen molar-refractivity contribution < 1.29 is 19.2 Å². The van der Waals surface area contributed by atoms with Crippen LogP contribution in [0.25, 0.3) is 0 Å². The van der Waals surface area contributed by atoms with Gasteiger partial charge in [0.05, 0.1) is 25.9 Å². The maximum atomic E-state index is 12.5. The number of para-hydroxylation sites is 2. The van der Waals surface area contributed by atoms with Crippen LogP contribution in [0.5, 0.6) is 5.75 Å². The Bertz CT molecular complexity index is 841. The number of nitrogens with one attached hydrogen (secondary N) is 3. The third-order valence-corrected chi connectivity index (χ3v) is 5.28. The lowest BCUT2D eigenvalue weighted by Gasteiger charge is -2.31. The van der Waals surface area contributed by atoms with E-state index in [9.17, 15) is 9.59 Å². The molecular weight excluding hydrogens is 366 g/mol. The summed E-state index contributed by atoms with van der Waals surface area (Å²) in [6.07, 6.45) is 1.24. The van der Waals surface area contributed by atoms with Crippen molar-refractivity contribution in [2.75, 3.05) is 37.4 Å². The number of ether oxygens (including phenoxy) is 1. The van der Waals surface area contributed by atoms with Crippen molar-refractivity contribution in [2.24, 2.45) is 11.8 Å². The highest BCUT2D eigenvalue weighted by atomic mass is 16.5. The molecule has 1 fully saturated rings. The lowest BCUT2D eigenvalue weighted by atomic mass is 9.92. The van der Waals surface area contributed by atoms with Gasteiger partial charge in [0.25, 0.3) is 11.8 Å². The van der Waals surface area contributed by atoms with E-state index in [0.717, 1.165) is 13.1 Å². The second-order valence-corrected chi connectivity index (χ2v) is 8.06. The molecule has 0 unspecified atom stereocenters. The smallest absolute Gasteiger partial charge is 0.279 e. The topological polar surface area (TPSA) is 71.9 Å². The predicted octanol–water partition coefficient (Wildman–Crippen LogP) is 2.45. The number of benzene rings is 2. The van der Waals surface area contributed by atoms with Crippen molar-refractivity contribution in [1.82, 2.24) is 0 Å². The molecule has 0 aromatic heterocycles. The van der Waals surface area contributed by atoms with E-state index in [4.69, 9.17) is 4.74 Å². The first-order valence-electron chi connectivity index (χ1n) is 10.1. The van der Waals surface area contributed by atoms with Crippen molar-refractivity contribution in [1.29, 1.82) is 0 Å². The summed E-state index contributed by atoms with van der Waals surface area (Å²) < 4.78 is 5.26. The standard InChI is InChI=1S/C23H29N3O3/c1-16-12-17(2)14-26(13-16)15-22(27)24-19-10-8-18(9-11-19)23(28)25-20-6-4-5-7-21(20)29-3/h4-11,16-17H,12-15H2,1-3H3,(H,24,27)(H,25,28)/p+1/t16-,17-/m1/s1. The van der Waals surface area contributed by atoms with Crippen LogP contribution in [0.2, 0.25) is 0 Å². The fraction of sp³-hybridized carbons (Fsp3) is 0.391. The van der Waals surface area contributed by atoms with Gasteiger partial charge in [-0.25, -0.2) is 0 Å². The van der Waals surface area contributed by atoms with Gasteiger partial charge in [0.2, 0.25) is 0 Å². The monoisotopic (exact) mass is 396 g/mol. The van der Waals surface area contributed by atoms with Crippen LogP contribution in [0.3, 0.4) is 0 Å². The van der Waals surface area contributed by atoms with Gasteiger partial charge in [-0.3, -0.25) is 9.59 Å². The summed E-state index contributed by atoms with van der Waals surface area (Å²) in [4.78, 5) is 26.2. The number of carbonyl (C=O) groups excluding carboxylic acids is 2. The van der Waals surface area contributed by atoms with Crippen LogP contribution in [-0.4, -0.2) is 38.6 Å². The number of quaternary nitrogens is 1. The summed E-state index contributed by atoms with van der Waals surface area (Å²) in [6, 6.07) is 14.2. The van der Waals surface area contributed by atoms with Crippen LogP contribution in [0, 0.1) is 11.8 Å². The van der Waals surface area contributed by atoms with Gasteiger partial charge >= 0.3 is 0 Å². The Morgan fingerprint density at radius 3 is 2.31 bits per heavy atom. The van der Waals surface area contributed by atoms with Crippen LogP contribution in [0.4, 0.5) is 11.4 Å². The highest BCUT2D eigenvalue weighted by Crippen LogP contribution is 2.23. The summed E-state index contributed by atoms with van der Waals surface area (Å²) in [5.74, 6) is 1.69. The van der Waals surface area contributed by atoms with Crippen molar-refractivity contribution in [3.63, 3.8) is 0 Å². The van der Waals surface area contributed by atoms with Gasteiger partial charge in [0.1, 0.15) is 5.75 Å². The van der Waals surface area contributed by atoms with Gasteiger partial charge in [-0.2, -0.15) is 0 Å². The summed E-state index contributed by atoms with van der Waals surface area (Å²) in [7, 11) is 1.56. The minimum absolute atomic E-state index is 0.00697. The van der Waals surface area contributed by atoms with E-state index < -0.39 is 0 Å². The third-order valence-electron chi connectivity index (χ3n) is 5.28. The number of rotatable bonds is 6. The van der Waals surface area contributed by atoms with Crippen LogP contribution >= 0.6 is 0 Å². The molecule has 6 nitrogen and oxygen atoms in total. The Hall–Kier alpha value is -2.86. The lowest BCUT2D eigenvalue weighted by Crippen LogP contribution is -3.15. The molecule has 0 spiro atoms. The Morgan fingerprint density at radius 1 is 1.00 bits per heavy atom. The molecule has 154 valence electrons. The lowest BCUT2D eigenvalue weighted by molar-refractivity contribution is -0.904. The molecule has 3 N–H and O–H groups in total. The van der Waals surface area contributed by atoms with Crippen molar-refractivity contribution in [2.45, 2.75) is 20.3 Å². The zero-order valence-electron chi connectivity index (χ0n) is 17.3. The number of anilines is 2. The first-order chi connectivity index (χ1) is 13.9. The van der Waals surface area contributed by atoms with E-state index in [0.29, 0.717) is 41.1 Å². The molecule has 3 rings (SSSR count). The normalized spacial score (nSPS) is 21.3. The van der Waals surface area contributed by atoms with E-state index in [2.05, 4.69) is 24.5 Å². The number of amides is 2. The number of methoxy groups -OCH3 is 1. The Labute approximate surface area is 172 Å². The SMILES string of the molecule is COc1ccccc1NC(=O)c1ccc(NC(=O)C[NH+]2C[C@H](C)C[C@@H](C)C2)cc1. The second kappa shape index (κ2) is 9.56. The predicted molar refractivity (Wildman–Crippen MR) is 115 cm³/mol. The molecule has 2 aromatic rings. The van der Waals surface area contributed by atoms with E-state index in [1.165, 1.54) is 11.3 Å². The molecule has 1 saturated heterocycles. The van der Waals surface area contributed by atoms with Crippen LogP contribution in [-0.2, 0) is 4.79 Å². The Balaban J connectivity index is 1.55. The maximum absolute atomic E-state index is 12.5. The number of hydrogen-bond acceptors (Lipinski definition) is 3. The molecule has 1 aliphatic heterocycles. The van der Waals surface area contributed by atoms with Crippen molar-refractivity contribution >= 4 is 23.2 Å². The minimum atomic E-state index is -0.229. The fourth-order valence-corrected chi connectivity index (χ4v) is 4.15. The van der Waals surface area contributed by atoms with Gasteiger partial charge in [-0.15, -0.1) is 0 Å². The highest BCUT2D eigenvalue weighted by molar-refractivity contribution is 6.05. The van der Waals surface area contributed by atoms with E-state index in [1.54, 1.807) is 43.5 Å². The summed E-state index contributed by atoms with van der Waals surface area (Å²) >= 11 is 0. The molecule has 0 saturated carbocycles. The number of likely N-dealkylation sites (tertiary alicyclic amines) is 1. The van der Waals surface area contributed by atoms with Crippen molar-refractivity contribution in [3.8, 4) is 5.75 Å². The summed E-state index contributed by atoms with van der Waals surface area (Å²) in [5, 5.41) is 5.79. The van der Waals surface area contributed by atoms with Gasteiger partial charge in [0.15, 0.2) is 6.54 Å². The van der Waals surface area contributed by atoms with Crippen LogP contribution in [0.15, 0.2) is 48.5 Å². The molecule has 0 aliphatic carbocycles. The largest absolute Gasteiger partial charge is 0.495 e. The fourth-order valence-electron chi connectivity index (χ4n) is 4.15. The molecule has 2 atom stereocenters. The molecule has 2 amide bonds. The quantitative estimate of drug-likeness (QED) is 0.702. The Kier molecular flexibility index (Phi) is 6.88. The van der Waals surface area contributed by atoms with E-state index >= 15 is 0 Å². The third kappa shape index (κ3) is 5.81. The van der Waals surface area contributed by atoms with E-state index in [-0.39, 0.29) is 11.8 Å². The van der Waals surface area contributed by atoms with Gasteiger partial charge in [-0.05, 0) is 42.8 Å². The molecule has 6 heteroatoms. The van der Waals surface area contributed by atoms with Crippen molar-refractivity contribution in [3.05, 3.63) is 54.1 Å². The molecule has 1 aliphatic rings. The first kappa shape index (κ1) is 20.9. The molecule has 2 aromatic carbocycles. The molecule has 1 heterocycles. The Morgan fingerprint density at radius 2 is 1.66 bits per heavy atom. The summed E-state index contributed by atoms with van der Waals surface area (Å²) in [6.45, 7) is 7.06. The number of carbonyl (C=O) groups is 2. The number of piperidine rings is 1. The molecular formula is C23H30N3O3+. The van der Waals surface area contributed by atoms with Gasteiger partial charge < -0.3 is 20.3 Å².